The molecule has 6 heteroatoms. The molecule has 0 saturated heterocycles. The zero-order chi connectivity index (χ0) is 34.4. The second kappa shape index (κ2) is 12.3. The molecule has 0 aliphatic heterocycles. The van der Waals surface area contributed by atoms with Gasteiger partial charge in [0.25, 0.3) is 0 Å². The highest BCUT2D eigenvalue weighted by molar-refractivity contribution is 6.10. The first-order chi connectivity index (χ1) is 25.8. The highest BCUT2D eigenvalue weighted by Gasteiger charge is 2.19. The van der Waals surface area contributed by atoms with Crippen molar-refractivity contribution < 1.29 is 4.42 Å². The van der Waals surface area contributed by atoms with Gasteiger partial charge in [-0.1, -0.05) is 121 Å². The van der Waals surface area contributed by atoms with E-state index in [1.807, 2.05) is 78.9 Å². The number of fused-ring (bicyclic) bond motifs is 4. The monoisotopic (exact) mass is 667 g/mol. The van der Waals surface area contributed by atoms with E-state index in [4.69, 9.17) is 24.4 Å². The largest absolute Gasteiger partial charge is 0.435 e. The summed E-state index contributed by atoms with van der Waals surface area (Å²) in [5, 5.41) is 2.44. The van der Waals surface area contributed by atoms with Crippen LogP contribution in [0.15, 0.2) is 180 Å². The molecule has 244 valence electrons. The number of aromatic nitrogens is 5. The molecule has 7 aromatic carbocycles. The summed E-state index contributed by atoms with van der Waals surface area (Å²) in [5.74, 6) is 2.25. The van der Waals surface area contributed by atoms with Gasteiger partial charge in [0.1, 0.15) is 5.52 Å². The van der Waals surface area contributed by atoms with Crippen molar-refractivity contribution >= 4 is 32.9 Å². The van der Waals surface area contributed by atoms with Crippen LogP contribution in [0.5, 0.6) is 0 Å². The molecule has 0 radical (unpaired) electrons. The topological polar surface area (TPSA) is 69.6 Å². The fourth-order valence-electron chi connectivity index (χ4n) is 6.99. The maximum atomic E-state index is 6.37. The lowest BCUT2D eigenvalue weighted by molar-refractivity contribution is 0.620. The van der Waals surface area contributed by atoms with Gasteiger partial charge >= 0.3 is 0 Å². The quantitative estimate of drug-likeness (QED) is 0.176. The van der Waals surface area contributed by atoms with Gasteiger partial charge in [0.05, 0.1) is 16.6 Å². The molecule has 3 aromatic heterocycles. The minimum atomic E-state index is 0.523. The third-order valence-electron chi connectivity index (χ3n) is 9.51. The Labute approximate surface area is 299 Å². The molecule has 10 rings (SSSR count). The molecule has 0 fully saturated rings. The van der Waals surface area contributed by atoms with Gasteiger partial charge in [0.15, 0.2) is 23.1 Å². The summed E-state index contributed by atoms with van der Waals surface area (Å²) in [6.45, 7) is 0. The second-order valence-electron chi connectivity index (χ2n) is 12.7. The zero-order valence-corrected chi connectivity index (χ0v) is 27.9. The predicted molar refractivity (Wildman–Crippen MR) is 209 cm³/mol. The Morgan fingerprint density at radius 2 is 0.962 bits per heavy atom. The molecule has 0 atom stereocenters. The molecule has 0 aliphatic rings. The maximum Gasteiger partial charge on any atom is 0.227 e. The summed E-state index contributed by atoms with van der Waals surface area (Å²) in [6, 6.07) is 60.1. The van der Waals surface area contributed by atoms with Crippen molar-refractivity contribution in [2.75, 3.05) is 0 Å². The van der Waals surface area contributed by atoms with E-state index >= 15 is 0 Å². The summed E-state index contributed by atoms with van der Waals surface area (Å²) in [6.07, 6.45) is 0. The van der Waals surface area contributed by atoms with E-state index in [0.29, 0.717) is 28.9 Å². The summed E-state index contributed by atoms with van der Waals surface area (Å²) < 4.78 is 8.70. The Bertz CT molecular complexity index is 2880. The molecule has 3 heterocycles. The number of hydrogen-bond acceptors (Lipinski definition) is 5. The molecular formula is C46H29N5O. The Morgan fingerprint density at radius 3 is 1.71 bits per heavy atom. The van der Waals surface area contributed by atoms with Gasteiger partial charge in [-0.2, -0.15) is 0 Å². The Morgan fingerprint density at radius 1 is 0.385 bits per heavy atom. The smallest absolute Gasteiger partial charge is 0.227 e. The van der Waals surface area contributed by atoms with E-state index < -0.39 is 0 Å². The lowest BCUT2D eigenvalue weighted by atomic mass is 10.0. The molecule has 0 spiro atoms. The van der Waals surface area contributed by atoms with Gasteiger partial charge in [-0.05, 0) is 65.7 Å². The average Bonchev–Trinajstić information content (AvgIpc) is 3.81. The van der Waals surface area contributed by atoms with Gasteiger partial charge in [-0.3, -0.25) is 0 Å². The van der Waals surface area contributed by atoms with E-state index in [9.17, 15) is 0 Å². The van der Waals surface area contributed by atoms with Gasteiger partial charge < -0.3 is 8.98 Å². The second-order valence-corrected chi connectivity index (χ2v) is 12.7. The Kier molecular flexibility index (Phi) is 7.03. The summed E-state index contributed by atoms with van der Waals surface area (Å²) in [5.41, 5.74) is 10.6. The van der Waals surface area contributed by atoms with Crippen LogP contribution in [0.25, 0.3) is 95.3 Å². The van der Waals surface area contributed by atoms with Gasteiger partial charge in [-0.15, -0.1) is 0 Å². The summed E-state index contributed by atoms with van der Waals surface area (Å²) in [7, 11) is 0. The molecule has 0 amide bonds. The van der Waals surface area contributed by atoms with Crippen LogP contribution < -0.4 is 0 Å². The first-order valence-electron chi connectivity index (χ1n) is 17.2. The van der Waals surface area contributed by atoms with Gasteiger partial charge in [0.2, 0.25) is 5.89 Å². The number of rotatable bonds is 6. The summed E-state index contributed by atoms with van der Waals surface area (Å²) in [4.78, 5) is 19.7. The third kappa shape index (κ3) is 5.13. The molecule has 52 heavy (non-hydrogen) atoms. The fourth-order valence-corrected chi connectivity index (χ4v) is 6.99. The lowest BCUT2D eigenvalue weighted by Crippen LogP contribution is -2.00. The van der Waals surface area contributed by atoms with Crippen molar-refractivity contribution in [2.24, 2.45) is 0 Å². The van der Waals surface area contributed by atoms with Crippen molar-refractivity contribution in [3.05, 3.63) is 176 Å². The van der Waals surface area contributed by atoms with E-state index in [1.165, 1.54) is 21.8 Å². The molecule has 10 aromatic rings. The van der Waals surface area contributed by atoms with Gasteiger partial charge in [-0.25, -0.2) is 19.9 Å². The minimum absolute atomic E-state index is 0.523. The van der Waals surface area contributed by atoms with Crippen LogP contribution in [-0.2, 0) is 0 Å². The molecule has 0 bridgehead atoms. The summed E-state index contributed by atoms with van der Waals surface area (Å²) >= 11 is 0. The van der Waals surface area contributed by atoms with Crippen LogP contribution in [0.3, 0.4) is 0 Å². The Balaban J connectivity index is 1.07. The molecule has 0 unspecified atom stereocenters. The molecule has 0 N–H and O–H groups in total. The zero-order valence-electron chi connectivity index (χ0n) is 27.9. The lowest BCUT2D eigenvalue weighted by Gasteiger charge is -2.10. The van der Waals surface area contributed by atoms with Crippen molar-refractivity contribution in [1.29, 1.82) is 0 Å². The number of oxazole rings is 1. The standard InChI is InChI=1S/C46H29N5O/c1-4-13-31(14-5-1)43-48-44(50-45(49-43)37-20-12-21-39-42(37)52-46(47-39)33-15-6-2-7-16-33)32-25-23-30(24-26-32)34-27-28-41-38(29-34)36-19-10-11-22-40(36)51(41)35-17-8-3-9-18-35/h1-29H. The number of para-hydroxylation sites is 3. The molecule has 0 aliphatic carbocycles. The molecule has 0 saturated carbocycles. The average molecular weight is 668 g/mol. The fraction of sp³-hybridized carbons (Fsp3) is 0. The van der Waals surface area contributed by atoms with Gasteiger partial charge in [0, 0.05) is 33.2 Å². The first-order valence-corrected chi connectivity index (χ1v) is 17.2. The van der Waals surface area contributed by atoms with E-state index in [2.05, 4.69) is 102 Å². The number of benzene rings is 7. The van der Waals surface area contributed by atoms with Crippen molar-refractivity contribution in [2.45, 2.75) is 0 Å². The number of hydrogen-bond donors (Lipinski definition) is 0. The van der Waals surface area contributed by atoms with Crippen LogP contribution in [0, 0.1) is 0 Å². The SMILES string of the molecule is c1ccc(-c2nc(-c3ccc(-c4ccc5c(c4)c4ccccc4n5-c4ccccc4)cc3)nc(-c3cccc4nc(-c5ccccc5)oc34)n2)cc1. The third-order valence-corrected chi connectivity index (χ3v) is 9.51. The van der Waals surface area contributed by atoms with Crippen LogP contribution in [0.4, 0.5) is 0 Å². The van der Waals surface area contributed by atoms with E-state index in [0.717, 1.165) is 44.6 Å². The molecule has 6 nitrogen and oxygen atoms in total. The maximum absolute atomic E-state index is 6.37. The van der Waals surface area contributed by atoms with E-state index in [1.54, 1.807) is 0 Å². The predicted octanol–water partition coefficient (Wildman–Crippen LogP) is 11.4. The van der Waals surface area contributed by atoms with Crippen LogP contribution >= 0.6 is 0 Å². The van der Waals surface area contributed by atoms with E-state index in [-0.39, 0.29) is 0 Å². The number of nitrogens with zero attached hydrogens (tertiary/aromatic N) is 5. The highest BCUT2D eigenvalue weighted by Crippen LogP contribution is 2.36. The minimum Gasteiger partial charge on any atom is -0.435 e. The first kappa shape index (κ1) is 29.7. The van der Waals surface area contributed by atoms with Crippen molar-refractivity contribution in [1.82, 2.24) is 24.5 Å². The van der Waals surface area contributed by atoms with Crippen LogP contribution in [-0.4, -0.2) is 24.5 Å². The molecular weight excluding hydrogens is 639 g/mol. The van der Waals surface area contributed by atoms with Crippen molar-refractivity contribution in [3.8, 4) is 62.4 Å². The van der Waals surface area contributed by atoms with Crippen LogP contribution in [0.1, 0.15) is 0 Å². The Hall–Kier alpha value is -7.18. The highest BCUT2D eigenvalue weighted by atomic mass is 16.3. The van der Waals surface area contributed by atoms with Crippen LogP contribution in [0.2, 0.25) is 0 Å². The van der Waals surface area contributed by atoms with Crippen molar-refractivity contribution in [3.63, 3.8) is 0 Å². The normalized spacial score (nSPS) is 11.5.